The fourth-order valence-corrected chi connectivity index (χ4v) is 2.68. The first-order valence-corrected chi connectivity index (χ1v) is 8.14. The summed E-state index contributed by atoms with van der Waals surface area (Å²) in [6.45, 7) is 3.98. The molecule has 1 aliphatic heterocycles. The lowest BCUT2D eigenvalue weighted by Crippen LogP contribution is -2.40. The van der Waals surface area contributed by atoms with Gasteiger partial charge in [-0.25, -0.2) is 8.78 Å². The van der Waals surface area contributed by atoms with Crippen molar-refractivity contribution in [3.8, 4) is 5.75 Å². The summed E-state index contributed by atoms with van der Waals surface area (Å²) in [5.74, 6) is -1.48. The predicted molar refractivity (Wildman–Crippen MR) is 85.9 cm³/mol. The zero-order valence-corrected chi connectivity index (χ0v) is 13.9. The molecule has 1 heterocycles. The molecule has 1 aromatic rings. The van der Waals surface area contributed by atoms with E-state index in [9.17, 15) is 13.6 Å². The van der Waals surface area contributed by atoms with Crippen LogP contribution in [0.25, 0.3) is 0 Å². The van der Waals surface area contributed by atoms with Crippen molar-refractivity contribution in [2.75, 3.05) is 46.5 Å². The molecule has 1 aromatic carbocycles. The van der Waals surface area contributed by atoms with Crippen molar-refractivity contribution in [1.82, 2.24) is 10.2 Å². The van der Waals surface area contributed by atoms with E-state index >= 15 is 0 Å². The second kappa shape index (κ2) is 9.54. The molecule has 1 fully saturated rings. The first-order chi connectivity index (χ1) is 11.6. The van der Waals surface area contributed by atoms with Crippen molar-refractivity contribution < 1.29 is 23.0 Å². The Morgan fingerprint density at radius 1 is 1.33 bits per heavy atom. The molecule has 1 N–H and O–H groups in total. The van der Waals surface area contributed by atoms with Gasteiger partial charge in [0.15, 0.2) is 18.2 Å². The van der Waals surface area contributed by atoms with Crippen LogP contribution in [0.3, 0.4) is 0 Å². The van der Waals surface area contributed by atoms with Crippen molar-refractivity contribution >= 4 is 5.91 Å². The van der Waals surface area contributed by atoms with Gasteiger partial charge in [-0.2, -0.15) is 0 Å². The van der Waals surface area contributed by atoms with Crippen LogP contribution < -0.4 is 10.1 Å². The summed E-state index contributed by atoms with van der Waals surface area (Å²) in [6.07, 6.45) is 2.05. The lowest BCUT2D eigenvalue weighted by molar-refractivity contribution is -0.123. The molecule has 0 radical (unpaired) electrons. The van der Waals surface area contributed by atoms with Crippen molar-refractivity contribution in [3.63, 3.8) is 0 Å². The molecule has 2 rings (SSSR count). The highest BCUT2D eigenvalue weighted by molar-refractivity contribution is 5.77. The number of amides is 1. The van der Waals surface area contributed by atoms with E-state index < -0.39 is 11.6 Å². The first kappa shape index (κ1) is 18.6. The van der Waals surface area contributed by atoms with E-state index in [1.807, 2.05) is 0 Å². The van der Waals surface area contributed by atoms with Crippen LogP contribution in [0.2, 0.25) is 0 Å². The number of rotatable bonds is 8. The Morgan fingerprint density at radius 3 is 2.75 bits per heavy atom. The molecule has 1 amide bonds. The average molecular weight is 342 g/mol. The minimum atomic E-state index is -0.814. The number of hydrogen-bond acceptors (Lipinski definition) is 4. The molecule has 0 atom stereocenters. The third-order valence-corrected chi connectivity index (χ3v) is 4.16. The SMILES string of the molecule is COCCN1CCC(CNC(=O)COc2ccc(F)cc2F)CC1. The van der Waals surface area contributed by atoms with Crippen molar-refractivity contribution in [3.05, 3.63) is 29.8 Å². The largest absolute Gasteiger partial charge is 0.481 e. The number of carbonyl (C=O) groups excluding carboxylic acids is 1. The van der Waals surface area contributed by atoms with E-state index in [1.165, 1.54) is 6.07 Å². The molecule has 0 unspecified atom stereocenters. The normalized spacial score (nSPS) is 16.1. The van der Waals surface area contributed by atoms with E-state index in [0.717, 1.165) is 51.2 Å². The molecule has 1 aliphatic rings. The fourth-order valence-electron chi connectivity index (χ4n) is 2.68. The van der Waals surface area contributed by atoms with Gasteiger partial charge in [0.25, 0.3) is 5.91 Å². The smallest absolute Gasteiger partial charge is 0.257 e. The van der Waals surface area contributed by atoms with Crippen LogP contribution in [-0.2, 0) is 9.53 Å². The number of nitrogens with one attached hydrogen (secondary N) is 1. The summed E-state index contributed by atoms with van der Waals surface area (Å²) in [5.41, 5.74) is 0. The Balaban J connectivity index is 1.63. The molecule has 0 spiro atoms. The van der Waals surface area contributed by atoms with E-state index in [4.69, 9.17) is 9.47 Å². The molecule has 24 heavy (non-hydrogen) atoms. The van der Waals surface area contributed by atoms with Gasteiger partial charge < -0.3 is 19.7 Å². The van der Waals surface area contributed by atoms with Gasteiger partial charge in [0.2, 0.25) is 0 Å². The molecule has 5 nitrogen and oxygen atoms in total. The van der Waals surface area contributed by atoms with Crippen LogP contribution in [0.4, 0.5) is 8.78 Å². The number of carbonyl (C=O) groups is 1. The number of ether oxygens (including phenoxy) is 2. The molecule has 0 aromatic heterocycles. The minimum absolute atomic E-state index is 0.127. The van der Waals surface area contributed by atoms with E-state index in [1.54, 1.807) is 7.11 Å². The highest BCUT2D eigenvalue weighted by Crippen LogP contribution is 2.18. The highest BCUT2D eigenvalue weighted by atomic mass is 19.1. The van der Waals surface area contributed by atoms with Crippen molar-refractivity contribution in [2.45, 2.75) is 12.8 Å². The van der Waals surface area contributed by atoms with Crippen LogP contribution in [0.5, 0.6) is 5.75 Å². The predicted octanol–water partition coefficient (Wildman–Crippen LogP) is 1.82. The molecule has 134 valence electrons. The number of benzene rings is 1. The van der Waals surface area contributed by atoms with Gasteiger partial charge in [-0.15, -0.1) is 0 Å². The van der Waals surface area contributed by atoms with Crippen molar-refractivity contribution in [1.29, 1.82) is 0 Å². The fraction of sp³-hybridized carbons (Fsp3) is 0.588. The van der Waals surface area contributed by atoms with Crippen molar-refractivity contribution in [2.24, 2.45) is 5.92 Å². The Hall–Kier alpha value is -1.73. The number of nitrogens with zero attached hydrogens (tertiary/aromatic N) is 1. The molecule has 0 aliphatic carbocycles. The summed E-state index contributed by atoms with van der Waals surface area (Å²) in [6, 6.07) is 2.99. The molecular formula is C17H24F2N2O3. The summed E-state index contributed by atoms with van der Waals surface area (Å²) in [4.78, 5) is 14.1. The van der Waals surface area contributed by atoms with Crippen LogP contribution in [-0.4, -0.2) is 57.3 Å². The number of likely N-dealkylation sites (tertiary alicyclic amines) is 1. The standard InChI is InChI=1S/C17H24F2N2O3/c1-23-9-8-21-6-4-13(5-7-21)11-20-17(22)12-24-16-3-2-14(18)10-15(16)19/h2-3,10,13H,4-9,11-12H2,1H3,(H,20,22). The minimum Gasteiger partial charge on any atom is -0.481 e. The zero-order valence-electron chi connectivity index (χ0n) is 13.9. The third-order valence-electron chi connectivity index (χ3n) is 4.16. The summed E-state index contributed by atoms with van der Waals surface area (Å²) in [5, 5.41) is 2.81. The summed E-state index contributed by atoms with van der Waals surface area (Å²) < 4.78 is 36.3. The number of piperidine rings is 1. The Morgan fingerprint density at radius 2 is 2.08 bits per heavy atom. The average Bonchev–Trinajstić information content (AvgIpc) is 2.58. The lowest BCUT2D eigenvalue weighted by Gasteiger charge is -2.31. The third kappa shape index (κ3) is 6.05. The molecule has 7 heteroatoms. The second-order valence-corrected chi connectivity index (χ2v) is 5.95. The van der Waals surface area contributed by atoms with Gasteiger partial charge in [-0.05, 0) is 44.0 Å². The van der Waals surface area contributed by atoms with E-state index in [0.29, 0.717) is 12.5 Å². The number of hydrogen-bond donors (Lipinski definition) is 1. The molecule has 0 saturated carbocycles. The van der Waals surface area contributed by atoms with Crippen LogP contribution >= 0.6 is 0 Å². The Labute approximate surface area is 140 Å². The van der Waals surface area contributed by atoms with E-state index in [2.05, 4.69) is 10.2 Å². The summed E-state index contributed by atoms with van der Waals surface area (Å²) in [7, 11) is 1.70. The molecular weight excluding hydrogens is 318 g/mol. The zero-order chi connectivity index (χ0) is 17.4. The van der Waals surface area contributed by atoms with Gasteiger partial charge in [0.1, 0.15) is 5.82 Å². The van der Waals surface area contributed by atoms with Crippen LogP contribution in [0.1, 0.15) is 12.8 Å². The number of methoxy groups -OCH3 is 1. The summed E-state index contributed by atoms with van der Waals surface area (Å²) >= 11 is 0. The topological polar surface area (TPSA) is 50.8 Å². The quantitative estimate of drug-likeness (QED) is 0.783. The van der Waals surface area contributed by atoms with Gasteiger partial charge in [0, 0.05) is 26.3 Å². The maximum Gasteiger partial charge on any atom is 0.257 e. The van der Waals surface area contributed by atoms with Gasteiger partial charge in [0.05, 0.1) is 6.61 Å². The lowest BCUT2D eigenvalue weighted by atomic mass is 9.97. The second-order valence-electron chi connectivity index (χ2n) is 5.95. The Bertz CT molecular complexity index is 535. The maximum absolute atomic E-state index is 13.4. The van der Waals surface area contributed by atoms with Gasteiger partial charge >= 0.3 is 0 Å². The maximum atomic E-state index is 13.4. The molecule has 0 bridgehead atoms. The first-order valence-electron chi connectivity index (χ1n) is 8.14. The van der Waals surface area contributed by atoms with Gasteiger partial charge in [-0.3, -0.25) is 4.79 Å². The number of halogens is 2. The van der Waals surface area contributed by atoms with Gasteiger partial charge in [-0.1, -0.05) is 0 Å². The monoisotopic (exact) mass is 342 g/mol. The van der Waals surface area contributed by atoms with Crippen LogP contribution in [0.15, 0.2) is 18.2 Å². The van der Waals surface area contributed by atoms with E-state index in [-0.39, 0.29) is 18.3 Å². The molecule has 1 saturated heterocycles. The Kier molecular flexibility index (Phi) is 7.39. The highest BCUT2D eigenvalue weighted by Gasteiger charge is 2.19. The van der Waals surface area contributed by atoms with Crippen LogP contribution in [0, 0.1) is 17.6 Å².